The molecule has 0 spiro atoms. The number of aryl methyl sites for hydroxylation is 1. The molecule has 0 unspecified atom stereocenters. The molecule has 0 aliphatic carbocycles. The number of phenolic OH excluding ortho intramolecular Hbond substituents is 1. The topological polar surface area (TPSA) is 44.7 Å². The molecule has 0 heterocycles. The van der Waals surface area contributed by atoms with E-state index in [0.717, 1.165) is 25.1 Å². The van der Waals surface area contributed by atoms with Gasteiger partial charge in [0.05, 0.1) is 7.11 Å². The second-order valence-corrected chi connectivity index (χ2v) is 4.64. The lowest BCUT2D eigenvalue weighted by Crippen LogP contribution is -2.26. The van der Waals surface area contributed by atoms with E-state index in [4.69, 9.17) is 4.74 Å². The van der Waals surface area contributed by atoms with E-state index in [1.165, 1.54) is 5.56 Å². The fraction of sp³-hybridized carbons (Fsp3) is 0.571. The highest BCUT2D eigenvalue weighted by Gasteiger charge is 2.09. The summed E-state index contributed by atoms with van der Waals surface area (Å²) in [5.41, 5.74) is 2.07. The van der Waals surface area contributed by atoms with E-state index >= 15 is 0 Å². The van der Waals surface area contributed by atoms with Gasteiger partial charge in [-0.15, -0.1) is 0 Å². The summed E-state index contributed by atoms with van der Waals surface area (Å²) in [6.07, 6.45) is 0.932. The minimum Gasteiger partial charge on any atom is -0.504 e. The third-order valence-electron chi connectivity index (χ3n) is 2.89. The summed E-state index contributed by atoms with van der Waals surface area (Å²) < 4.78 is 5.19. The number of nitrogens with one attached hydrogen (secondary N) is 1. The van der Waals surface area contributed by atoms with Crippen molar-refractivity contribution in [2.75, 3.05) is 34.3 Å². The minimum absolute atomic E-state index is 0.243. The van der Waals surface area contributed by atoms with Gasteiger partial charge in [-0.25, -0.2) is 0 Å². The van der Waals surface area contributed by atoms with Crippen molar-refractivity contribution >= 4 is 0 Å². The number of hydrogen-bond acceptors (Lipinski definition) is 4. The second-order valence-electron chi connectivity index (χ2n) is 4.64. The van der Waals surface area contributed by atoms with Gasteiger partial charge in [-0.1, -0.05) is 13.0 Å². The van der Waals surface area contributed by atoms with Gasteiger partial charge < -0.3 is 20.1 Å². The molecule has 0 bridgehead atoms. The Bertz CT molecular complexity index is 378. The molecule has 0 aromatic heterocycles. The molecule has 0 aliphatic heterocycles. The largest absolute Gasteiger partial charge is 0.504 e. The molecule has 0 saturated carbocycles. The summed E-state index contributed by atoms with van der Waals surface area (Å²) in [4.78, 5) is 2.12. The average Bonchev–Trinajstić information content (AvgIpc) is 2.36. The van der Waals surface area contributed by atoms with Crippen LogP contribution < -0.4 is 10.1 Å². The van der Waals surface area contributed by atoms with Gasteiger partial charge >= 0.3 is 0 Å². The van der Waals surface area contributed by atoms with Crippen molar-refractivity contribution in [3.05, 3.63) is 23.3 Å². The lowest BCUT2D eigenvalue weighted by atomic mass is 10.1. The highest BCUT2D eigenvalue weighted by atomic mass is 16.5. The van der Waals surface area contributed by atoms with Crippen molar-refractivity contribution in [2.45, 2.75) is 19.9 Å². The van der Waals surface area contributed by atoms with Gasteiger partial charge in [0.2, 0.25) is 0 Å². The second kappa shape index (κ2) is 7.24. The number of rotatable bonds is 7. The number of phenols is 1. The maximum atomic E-state index is 10.0. The molecule has 0 amide bonds. The Hall–Kier alpha value is -1.26. The SMILES string of the molecule is CCc1cc(CNCCN(C)C)c(O)c(OC)c1. The van der Waals surface area contributed by atoms with Crippen molar-refractivity contribution < 1.29 is 9.84 Å². The van der Waals surface area contributed by atoms with Gasteiger partial charge in [0.25, 0.3) is 0 Å². The van der Waals surface area contributed by atoms with Crippen LogP contribution >= 0.6 is 0 Å². The van der Waals surface area contributed by atoms with E-state index in [0.29, 0.717) is 12.3 Å². The highest BCUT2D eigenvalue weighted by molar-refractivity contribution is 5.48. The first-order valence-corrected chi connectivity index (χ1v) is 6.32. The Morgan fingerprint density at radius 3 is 2.61 bits per heavy atom. The lowest BCUT2D eigenvalue weighted by molar-refractivity contribution is 0.367. The predicted molar refractivity (Wildman–Crippen MR) is 74.3 cm³/mol. The maximum Gasteiger partial charge on any atom is 0.162 e. The summed E-state index contributed by atoms with van der Waals surface area (Å²) >= 11 is 0. The monoisotopic (exact) mass is 252 g/mol. The van der Waals surface area contributed by atoms with Crippen LogP contribution in [0.15, 0.2) is 12.1 Å². The summed E-state index contributed by atoms with van der Waals surface area (Å²) in [5.74, 6) is 0.797. The first kappa shape index (κ1) is 14.8. The third kappa shape index (κ3) is 4.20. The first-order chi connectivity index (χ1) is 8.58. The van der Waals surface area contributed by atoms with Crippen LogP contribution in [0.1, 0.15) is 18.1 Å². The van der Waals surface area contributed by atoms with E-state index in [1.807, 2.05) is 26.2 Å². The van der Waals surface area contributed by atoms with E-state index in [9.17, 15) is 5.11 Å². The number of hydrogen-bond donors (Lipinski definition) is 2. The van der Waals surface area contributed by atoms with Crippen LogP contribution in [0.3, 0.4) is 0 Å². The fourth-order valence-corrected chi connectivity index (χ4v) is 1.75. The van der Waals surface area contributed by atoms with Crippen LogP contribution in [0.4, 0.5) is 0 Å². The summed E-state index contributed by atoms with van der Waals surface area (Å²) in [6, 6.07) is 3.92. The van der Waals surface area contributed by atoms with Crippen molar-refractivity contribution in [1.29, 1.82) is 0 Å². The quantitative estimate of drug-likeness (QED) is 0.724. The minimum atomic E-state index is 0.243. The maximum absolute atomic E-state index is 10.0. The first-order valence-electron chi connectivity index (χ1n) is 6.32. The molecule has 4 nitrogen and oxygen atoms in total. The number of nitrogens with zero attached hydrogens (tertiary/aromatic N) is 1. The number of benzene rings is 1. The smallest absolute Gasteiger partial charge is 0.162 e. The van der Waals surface area contributed by atoms with Crippen LogP contribution in [0, 0.1) is 0 Å². The van der Waals surface area contributed by atoms with Gasteiger partial charge in [-0.3, -0.25) is 0 Å². The molecule has 1 aromatic rings. The Balaban J connectivity index is 2.68. The van der Waals surface area contributed by atoms with E-state index in [2.05, 4.69) is 17.1 Å². The molecule has 0 aliphatic rings. The molecule has 18 heavy (non-hydrogen) atoms. The molecule has 0 radical (unpaired) electrons. The Labute approximate surface area is 110 Å². The third-order valence-corrected chi connectivity index (χ3v) is 2.89. The molecule has 1 rings (SSSR count). The number of aromatic hydroxyl groups is 1. The number of ether oxygens (including phenoxy) is 1. The zero-order chi connectivity index (χ0) is 13.5. The molecule has 4 heteroatoms. The Morgan fingerprint density at radius 2 is 2.06 bits per heavy atom. The molecular formula is C14H24N2O2. The van der Waals surface area contributed by atoms with Crippen LogP contribution in [0.25, 0.3) is 0 Å². The number of methoxy groups -OCH3 is 1. The summed E-state index contributed by atoms with van der Waals surface area (Å²) in [5, 5.41) is 13.4. The Kier molecular flexibility index (Phi) is 5.95. The standard InChI is InChI=1S/C14H24N2O2/c1-5-11-8-12(10-15-6-7-16(2)3)14(17)13(9-11)18-4/h8-9,15,17H,5-7,10H2,1-4H3. The van der Waals surface area contributed by atoms with Gasteiger partial charge in [0.1, 0.15) is 0 Å². The molecular weight excluding hydrogens is 228 g/mol. The Morgan fingerprint density at radius 1 is 1.33 bits per heavy atom. The normalized spacial score (nSPS) is 10.9. The predicted octanol–water partition coefficient (Wildman–Crippen LogP) is 1.61. The van der Waals surface area contributed by atoms with Gasteiger partial charge in [-0.2, -0.15) is 0 Å². The van der Waals surface area contributed by atoms with Crippen LogP contribution in [0.2, 0.25) is 0 Å². The van der Waals surface area contributed by atoms with E-state index < -0.39 is 0 Å². The zero-order valence-corrected chi connectivity index (χ0v) is 11.8. The molecule has 102 valence electrons. The molecule has 0 saturated heterocycles. The molecule has 2 N–H and O–H groups in total. The van der Waals surface area contributed by atoms with E-state index in [1.54, 1.807) is 7.11 Å². The average molecular weight is 252 g/mol. The van der Waals surface area contributed by atoms with Gasteiger partial charge in [-0.05, 0) is 32.1 Å². The lowest BCUT2D eigenvalue weighted by Gasteiger charge is -2.13. The van der Waals surface area contributed by atoms with Crippen LogP contribution in [-0.4, -0.2) is 44.3 Å². The van der Waals surface area contributed by atoms with Gasteiger partial charge in [0, 0.05) is 25.2 Å². The fourth-order valence-electron chi connectivity index (χ4n) is 1.75. The molecule has 1 aromatic carbocycles. The van der Waals surface area contributed by atoms with Crippen molar-refractivity contribution in [3.63, 3.8) is 0 Å². The van der Waals surface area contributed by atoms with Crippen molar-refractivity contribution in [3.8, 4) is 11.5 Å². The summed E-state index contributed by atoms with van der Waals surface area (Å²) in [6.45, 7) is 4.62. The zero-order valence-electron chi connectivity index (χ0n) is 11.8. The molecule has 0 fully saturated rings. The van der Waals surface area contributed by atoms with Crippen LogP contribution in [0.5, 0.6) is 11.5 Å². The van der Waals surface area contributed by atoms with Crippen LogP contribution in [-0.2, 0) is 13.0 Å². The van der Waals surface area contributed by atoms with Crippen molar-refractivity contribution in [1.82, 2.24) is 10.2 Å². The number of likely N-dealkylation sites (N-methyl/N-ethyl adjacent to an activating group) is 1. The van der Waals surface area contributed by atoms with E-state index in [-0.39, 0.29) is 5.75 Å². The van der Waals surface area contributed by atoms with Gasteiger partial charge in [0.15, 0.2) is 11.5 Å². The van der Waals surface area contributed by atoms with Crippen molar-refractivity contribution in [2.24, 2.45) is 0 Å². The highest BCUT2D eigenvalue weighted by Crippen LogP contribution is 2.31. The molecule has 0 atom stereocenters. The summed E-state index contributed by atoms with van der Waals surface area (Å²) in [7, 11) is 5.66.